The molecule has 0 bridgehead atoms. The Morgan fingerprint density at radius 2 is 1.93 bits per heavy atom. The molecule has 7 heteroatoms. The standard InChI is InChI=1S/C22H25NO6/c24-11-17(23-22(27)28-12-13-6-2-1-3-7-13)16-10-14-8-4-5-9-15(14)18-19(16)21(26)29-20(18)25/h1-3,6-7,10,15-19,24H,4-5,8-9,11-12H2,(H,23,27)/t15-,16-,17+,18-,19+/m0/s1. The SMILES string of the molecule is O=C(N[C@H](CO)[C@@H]1C=C2CCCC[C@@H]2[C@@H]2C(=O)OC(=O)[C@H]12)OCc1ccccc1. The summed E-state index contributed by atoms with van der Waals surface area (Å²) in [5.41, 5.74) is 1.98. The summed E-state index contributed by atoms with van der Waals surface area (Å²) in [7, 11) is 0. The van der Waals surface area contributed by atoms with Gasteiger partial charge in [0.15, 0.2) is 0 Å². The second-order valence-electron chi connectivity index (χ2n) is 7.96. The fourth-order valence-electron chi connectivity index (χ4n) is 4.92. The smallest absolute Gasteiger partial charge is 0.407 e. The molecule has 0 spiro atoms. The van der Waals surface area contributed by atoms with Gasteiger partial charge in [0.1, 0.15) is 6.61 Å². The van der Waals surface area contributed by atoms with Gasteiger partial charge in [-0.3, -0.25) is 9.59 Å². The average molecular weight is 399 g/mol. The molecule has 0 aromatic heterocycles. The van der Waals surface area contributed by atoms with Gasteiger partial charge in [-0.2, -0.15) is 0 Å². The third kappa shape index (κ3) is 3.92. The summed E-state index contributed by atoms with van der Waals surface area (Å²) < 4.78 is 10.2. The Morgan fingerprint density at radius 3 is 2.69 bits per heavy atom. The van der Waals surface area contributed by atoms with Crippen molar-refractivity contribution >= 4 is 18.0 Å². The number of allylic oxidation sites excluding steroid dienone is 1. The van der Waals surface area contributed by atoms with Crippen LogP contribution in [-0.2, 0) is 25.7 Å². The van der Waals surface area contributed by atoms with Gasteiger partial charge in [0.25, 0.3) is 0 Å². The molecular weight excluding hydrogens is 374 g/mol. The predicted octanol–water partition coefficient (Wildman–Crippen LogP) is 2.34. The second kappa shape index (κ2) is 8.37. The molecular formula is C22H25NO6. The lowest BCUT2D eigenvalue weighted by molar-refractivity contribution is -0.154. The van der Waals surface area contributed by atoms with Crippen LogP contribution in [0.1, 0.15) is 31.2 Å². The van der Waals surface area contributed by atoms with Crippen LogP contribution in [0.4, 0.5) is 4.79 Å². The van der Waals surface area contributed by atoms with Crippen molar-refractivity contribution < 1.29 is 29.0 Å². The molecule has 29 heavy (non-hydrogen) atoms. The summed E-state index contributed by atoms with van der Waals surface area (Å²) in [6.07, 6.45) is 5.08. The fourth-order valence-corrected chi connectivity index (χ4v) is 4.92. The quantitative estimate of drug-likeness (QED) is 0.448. The van der Waals surface area contributed by atoms with E-state index in [0.717, 1.165) is 36.8 Å². The van der Waals surface area contributed by atoms with Crippen LogP contribution in [0.3, 0.4) is 0 Å². The van der Waals surface area contributed by atoms with E-state index in [0.29, 0.717) is 0 Å². The first-order chi connectivity index (χ1) is 14.1. The van der Waals surface area contributed by atoms with Gasteiger partial charge in [0.05, 0.1) is 24.5 Å². The third-order valence-corrected chi connectivity index (χ3v) is 6.27. The Labute approximate surface area is 169 Å². The Kier molecular flexibility index (Phi) is 5.67. The topological polar surface area (TPSA) is 102 Å². The number of alkyl carbamates (subject to hydrolysis) is 1. The van der Waals surface area contributed by atoms with Gasteiger partial charge in [0, 0.05) is 5.92 Å². The number of aliphatic hydroxyl groups is 1. The summed E-state index contributed by atoms with van der Waals surface area (Å²) in [5.74, 6) is -2.73. The van der Waals surface area contributed by atoms with Gasteiger partial charge in [0.2, 0.25) is 0 Å². The van der Waals surface area contributed by atoms with Gasteiger partial charge >= 0.3 is 18.0 Å². The van der Waals surface area contributed by atoms with Crippen LogP contribution in [-0.4, -0.2) is 35.8 Å². The van der Waals surface area contributed by atoms with Crippen LogP contribution in [0.5, 0.6) is 0 Å². The lowest BCUT2D eigenvalue weighted by atomic mass is 9.62. The minimum absolute atomic E-state index is 0.0216. The van der Waals surface area contributed by atoms with Gasteiger partial charge in [-0.1, -0.05) is 48.4 Å². The van der Waals surface area contributed by atoms with E-state index in [-0.39, 0.29) is 19.1 Å². The van der Waals surface area contributed by atoms with Crippen molar-refractivity contribution in [1.29, 1.82) is 0 Å². The number of esters is 2. The molecule has 1 aromatic rings. The highest BCUT2D eigenvalue weighted by molar-refractivity contribution is 5.97. The van der Waals surface area contributed by atoms with Crippen LogP contribution in [0.25, 0.3) is 0 Å². The zero-order valence-electron chi connectivity index (χ0n) is 16.1. The Morgan fingerprint density at radius 1 is 1.17 bits per heavy atom. The maximum atomic E-state index is 12.4. The molecule has 1 amide bonds. The number of hydrogen-bond donors (Lipinski definition) is 2. The van der Waals surface area contributed by atoms with Gasteiger partial charge in [-0.25, -0.2) is 4.79 Å². The lowest BCUT2D eigenvalue weighted by Gasteiger charge is -2.40. The van der Waals surface area contributed by atoms with Gasteiger partial charge < -0.3 is 19.9 Å². The minimum Gasteiger partial charge on any atom is -0.445 e. The monoisotopic (exact) mass is 399 g/mol. The number of fused-ring (bicyclic) bond motifs is 3. The molecule has 1 aromatic carbocycles. The molecule has 3 aliphatic rings. The molecule has 1 saturated carbocycles. The molecule has 5 atom stereocenters. The molecule has 1 heterocycles. The first kappa shape index (κ1) is 19.6. The summed E-state index contributed by atoms with van der Waals surface area (Å²) in [5, 5.41) is 12.6. The zero-order chi connectivity index (χ0) is 20.4. The Bertz CT molecular complexity index is 820. The molecule has 1 aliphatic heterocycles. The molecule has 2 N–H and O–H groups in total. The van der Waals surface area contributed by atoms with E-state index < -0.39 is 41.8 Å². The Hall–Kier alpha value is -2.67. The number of ether oxygens (including phenoxy) is 2. The molecule has 0 radical (unpaired) electrons. The van der Waals surface area contributed by atoms with Crippen LogP contribution >= 0.6 is 0 Å². The number of hydrogen-bond acceptors (Lipinski definition) is 6. The van der Waals surface area contributed by atoms with E-state index in [1.807, 2.05) is 36.4 Å². The van der Waals surface area contributed by atoms with E-state index in [2.05, 4.69) is 5.32 Å². The maximum absolute atomic E-state index is 12.4. The molecule has 2 fully saturated rings. The van der Waals surface area contributed by atoms with Crippen molar-refractivity contribution in [3.63, 3.8) is 0 Å². The van der Waals surface area contributed by atoms with Gasteiger partial charge in [-0.05, 0) is 30.7 Å². The number of rotatable bonds is 5. The first-order valence-corrected chi connectivity index (χ1v) is 10.1. The normalized spacial score (nSPS) is 29.2. The van der Waals surface area contributed by atoms with Crippen LogP contribution < -0.4 is 5.32 Å². The van der Waals surface area contributed by atoms with E-state index >= 15 is 0 Å². The summed E-state index contributed by atoms with van der Waals surface area (Å²) in [6.45, 7) is -0.268. The highest BCUT2D eigenvalue weighted by Crippen LogP contribution is 2.49. The number of carbonyl (C=O) groups excluding carboxylic acids is 3. The van der Waals surface area contributed by atoms with Crippen molar-refractivity contribution in [3.05, 3.63) is 47.5 Å². The number of benzene rings is 1. The van der Waals surface area contributed by atoms with Crippen LogP contribution in [0, 0.1) is 23.7 Å². The van der Waals surface area contributed by atoms with Gasteiger partial charge in [-0.15, -0.1) is 0 Å². The number of carbonyl (C=O) groups is 3. The van der Waals surface area contributed by atoms with E-state index in [1.54, 1.807) is 0 Å². The van der Waals surface area contributed by atoms with Crippen molar-refractivity contribution in [2.75, 3.05) is 6.61 Å². The fraction of sp³-hybridized carbons (Fsp3) is 0.500. The van der Waals surface area contributed by atoms with Crippen molar-refractivity contribution in [3.8, 4) is 0 Å². The van der Waals surface area contributed by atoms with E-state index in [4.69, 9.17) is 9.47 Å². The largest absolute Gasteiger partial charge is 0.445 e. The average Bonchev–Trinajstić information content (AvgIpc) is 3.05. The second-order valence-corrected chi connectivity index (χ2v) is 7.96. The van der Waals surface area contributed by atoms with E-state index in [9.17, 15) is 19.5 Å². The maximum Gasteiger partial charge on any atom is 0.407 e. The highest BCUT2D eigenvalue weighted by Gasteiger charge is 2.56. The van der Waals surface area contributed by atoms with Crippen molar-refractivity contribution in [2.24, 2.45) is 23.7 Å². The molecule has 154 valence electrons. The zero-order valence-corrected chi connectivity index (χ0v) is 16.1. The third-order valence-electron chi connectivity index (χ3n) is 6.27. The molecule has 1 saturated heterocycles. The minimum atomic E-state index is -0.736. The summed E-state index contributed by atoms with van der Waals surface area (Å²) in [6, 6.07) is 8.53. The number of nitrogens with one attached hydrogen (secondary N) is 1. The number of cyclic esters (lactones) is 2. The van der Waals surface area contributed by atoms with Crippen LogP contribution in [0.2, 0.25) is 0 Å². The molecule has 0 unspecified atom stereocenters. The number of amides is 1. The van der Waals surface area contributed by atoms with Crippen LogP contribution in [0.15, 0.2) is 42.0 Å². The molecule has 4 rings (SSSR count). The highest BCUT2D eigenvalue weighted by atomic mass is 16.6. The molecule has 2 aliphatic carbocycles. The van der Waals surface area contributed by atoms with Crippen molar-refractivity contribution in [1.82, 2.24) is 5.32 Å². The number of aliphatic hydroxyl groups excluding tert-OH is 1. The lowest BCUT2D eigenvalue weighted by Crippen LogP contribution is -2.50. The summed E-state index contributed by atoms with van der Waals surface area (Å²) in [4.78, 5) is 37.1. The predicted molar refractivity (Wildman–Crippen MR) is 102 cm³/mol. The van der Waals surface area contributed by atoms with Crippen molar-refractivity contribution in [2.45, 2.75) is 38.3 Å². The molecule has 7 nitrogen and oxygen atoms in total. The summed E-state index contributed by atoms with van der Waals surface area (Å²) >= 11 is 0. The van der Waals surface area contributed by atoms with E-state index in [1.165, 1.54) is 0 Å². The first-order valence-electron chi connectivity index (χ1n) is 10.1. The Balaban J connectivity index is 1.50.